The van der Waals surface area contributed by atoms with E-state index < -0.39 is 17.4 Å². The van der Waals surface area contributed by atoms with Gasteiger partial charge in [0.2, 0.25) is 5.91 Å². The average Bonchev–Trinajstić information content (AvgIpc) is 2.05. The molecule has 0 heterocycles. The summed E-state index contributed by atoms with van der Waals surface area (Å²) in [6.45, 7) is 5.44. The van der Waals surface area contributed by atoms with Crippen LogP contribution in [0.5, 0.6) is 0 Å². The van der Waals surface area contributed by atoms with Crippen LogP contribution in [0.4, 0.5) is 0 Å². The van der Waals surface area contributed by atoms with Gasteiger partial charge < -0.3 is 10.4 Å². The topological polar surface area (TPSA) is 66.4 Å². The maximum atomic E-state index is 11.6. The van der Waals surface area contributed by atoms with Gasteiger partial charge in [-0.2, -0.15) is 0 Å². The molecule has 1 unspecified atom stereocenters. The highest BCUT2D eigenvalue weighted by atomic mass is 16.4. The number of carbonyl (C=O) groups is 2. The fourth-order valence-corrected chi connectivity index (χ4v) is 1.83. The highest BCUT2D eigenvalue weighted by Gasteiger charge is 2.33. The van der Waals surface area contributed by atoms with Crippen molar-refractivity contribution in [3.63, 3.8) is 0 Å². The van der Waals surface area contributed by atoms with Gasteiger partial charge in [0.05, 0.1) is 0 Å². The lowest BCUT2D eigenvalue weighted by Crippen LogP contribution is -2.49. The molecule has 0 aromatic rings. The van der Waals surface area contributed by atoms with Gasteiger partial charge in [0, 0.05) is 6.42 Å². The molecule has 0 radical (unpaired) electrons. The number of carboxylic acid groups (broad SMARTS) is 1. The van der Waals surface area contributed by atoms with Crippen LogP contribution in [0.3, 0.4) is 0 Å². The standard InChI is InChI=1S/C12H21NO3/c1-12(2,3)10(11(15)16)13-9(14)7-8-5-4-6-8/h8,10H,4-7H2,1-3H3,(H,13,14)(H,15,16). The van der Waals surface area contributed by atoms with E-state index in [0.29, 0.717) is 12.3 Å². The van der Waals surface area contributed by atoms with Crippen molar-refractivity contribution < 1.29 is 14.7 Å². The van der Waals surface area contributed by atoms with E-state index in [2.05, 4.69) is 5.32 Å². The quantitative estimate of drug-likeness (QED) is 0.769. The Kier molecular flexibility index (Phi) is 3.94. The Hall–Kier alpha value is -1.06. The van der Waals surface area contributed by atoms with Crippen LogP contribution in [0.15, 0.2) is 0 Å². The van der Waals surface area contributed by atoms with Gasteiger partial charge in [-0.15, -0.1) is 0 Å². The van der Waals surface area contributed by atoms with Crippen LogP contribution in [0, 0.1) is 11.3 Å². The van der Waals surface area contributed by atoms with Gasteiger partial charge in [0.25, 0.3) is 0 Å². The number of aliphatic carboxylic acids is 1. The Labute approximate surface area is 96.4 Å². The first-order valence-corrected chi connectivity index (χ1v) is 5.83. The Morgan fingerprint density at radius 2 is 1.94 bits per heavy atom. The van der Waals surface area contributed by atoms with Crippen molar-refractivity contribution >= 4 is 11.9 Å². The summed E-state index contributed by atoms with van der Waals surface area (Å²) in [5.74, 6) is -0.629. The maximum Gasteiger partial charge on any atom is 0.326 e. The Bertz CT molecular complexity index is 276. The minimum absolute atomic E-state index is 0.132. The monoisotopic (exact) mass is 227 g/mol. The maximum absolute atomic E-state index is 11.6. The van der Waals surface area contributed by atoms with E-state index in [4.69, 9.17) is 5.11 Å². The molecule has 0 aromatic carbocycles. The van der Waals surface area contributed by atoms with Crippen LogP contribution in [0.2, 0.25) is 0 Å². The van der Waals surface area contributed by atoms with Crippen LogP contribution in [0.1, 0.15) is 46.5 Å². The molecule has 0 aromatic heterocycles. The first-order valence-electron chi connectivity index (χ1n) is 5.83. The number of hydrogen-bond donors (Lipinski definition) is 2. The summed E-state index contributed by atoms with van der Waals surface area (Å²) in [5.41, 5.74) is -0.457. The van der Waals surface area contributed by atoms with E-state index in [-0.39, 0.29) is 5.91 Å². The normalized spacial score (nSPS) is 18.7. The predicted molar refractivity (Wildman–Crippen MR) is 61.0 cm³/mol. The van der Waals surface area contributed by atoms with Gasteiger partial charge in [-0.1, -0.05) is 27.2 Å². The molecular formula is C12H21NO3. The lowest BCUT2D eigenvalue weighted by atomic mass is 9.82. The third kappa shape index (κ3) is 3.51. The van der Waals surface area contributed by atoms with Crippen molar-refractivity contribution in [2.45, 2.75) is 52.5 Å². The molecule has 0 spiro atoms. The molecule has 0 saturated heterocycles. The Balaban J connectivity index is 2.47. The number of amides is 1. The molecule has 92 valence electrons. The lowest BCUT2D eigenvalue weighted by Gasteiger charge is -2.30. The number of nitrogens with one attached hydrogen (secondary N) is 1. The molecule has 0 aliphatic heterocycles. The summed E-state index contributed by atoms with van der Waals surface area (Å²) in [4.78, 5) is 22.7. The highest BCUT2D eigenvalue weighted by molar-refractivity contribution is 5.84. The molecule has 1 saturated carbocycles. The molecule has 16 heavy (non-hydrogen) atoms. The van der Waals surface area contributed by atoms with Gasteiger partial charge >= 0.3 is 5.97 Å². The Morgan fingerprint density at radius 3 is 2.25 bits per heavy atom. The van der Waals surface area contributed by atoms with Crippen molar-refractivity contribution in [1.82, 2.24) is 5.32 Å². The first kappa shape index (κ1) is 13.0. The summed E-state index contributed by atoms with van der Waals surface area (Å²) in [7, 11) is 0. The smallest absolute Gasteiger partial charge is 0.326 e. The minimum atomic E-state index is -0.963. The largest absolute Gasteiger partial charge is 0.480 e. The second kappa shape index (κ2) is 4.85. The molecule has 1 amide bonds. The van der Waals surface area contributed by atoms with Crippen LogP contribution in [-0.2, 0) is 9.59 Å². The van der Waals surface area contributed by atoms with Gasteiger partial charge in [-0.25, -0.2) is 4.79 Å². The van der Waals surface area contributed by atoms with E-state index in [1.165, 1.54) is 6.42 Å². The van der Waals surface area contributed by atoms with Gasteiger partial charge in [0.15, 0.2) is 0 Å². The zero-order chi connectivity index (χ0) is 12.3. The zero-order valence-corrected chi connectivity index (χ0v) is 10.2. The molecule has 2 N–H and O–H groups in total. The number of rotatable bonds is 4. The van der Waals surface area contributed by atoms with Gasteiger partial charge in [-0.05, 0) is 24.2 Å². The van der Waals surface area contributed by atoms with E-state index >= 15 is 0 Å². The number of hydrogen-bond acceptors (Lipinski definition) is 2. The molecule has 1 fully saturated rings. The third-order valence-corrected chi connectivity index (χ3v) is 3.12. The summed E-state index contributed by atoms with van der Waals surface area (Å²) in [6, 6.07) is -0.805. The second-order valence-corrected chi connectivity index (χ2v) is 5.71. The SMILES string of the molecule is CC(C)(C)C(NC(=O)CC1CCC1)C(=O)O. The molecule has 1 aliphatic carbocycles. The van der Waals surface area contributed by atoms with E-state index in [1.807, 2.05) is 20.8 Å². The fraction of sp³-hybridized carbons (Fsp3) is 0.833. The zero-order valence-electron chi connectivity index (χ0n) is 10.2. The summed E-state index contributed by atoms with van der Waals surface area (Å²) < 4.78 is 0. The van der Waals surface area contributed by atoms with Crippen molar-refractivity contribution in [1.29, 1.82) is 0 Å². The third-order valence-electron chi connectivity index (χ3n) is 3.12. The van der Waals surface area contributed by atoms with E-state index in [0.717, 1.165) is 12.8 Å². The van der Waals surface area contributed by atoms with Crippen molar-refractivity contribution in [2.75, 3.05) is 0 Å². The molecule has 1 atom stereocenters. The summed E-state index contributed by atoms with van der Waals surface area (Å²) in [5, 5.41) is 11.7. The summed E-state index contributed by atoms with van der Waals surface area (Å²) in [6.07, 6.45) is 3.86. The molecule has 0 bridgehead atoms. The number of carbonyl (C=O) groups excluding carboxylic acids is 1. The van der Waals surface area contributed by atoms with Crippen LogP contribution >= 0.6 is 0 Å². The van der Waals surface area contributed by atoms with E-state index in [1.54, 1.807) is 0 Å². The van der Waals surface area contributed by atoms with Gasteiger partial charge in [-0.3, -0.25) is 4.79 Å². The molecular weight excluding hydrogens is 206 g/mol. The average molecular weight is 227 g/mol. The molecule has 1 rings (SSSR count). The van der Waals surface area contributed by atoms with Crippen LogP contribution in [-0.4, -0.2) is 23.0 Å². The fourth-order valence-electron chi connectivity index (χ4n) is 1.83. The van der Waals surface area contributed by atoms with Crippen LogP contribution in [0.25, 0.3) is 0 Å². The molecule has 1 aliphatic rings. The Morgan fingerprint density at radius 1 is 1.38 bits per heavy atom. The van der Waals surface area contributed by atoms with Gasteiger partial charge in [0.1, 0.15) is 6.04 Å². The van der Waals surface area contributed by atoms with Crippen molar-refractivity contribution in [3.05, 3.63) is 0 Å². The van der Waals surface area contributed by atoms with E-state index in [9.17, 15) is 9.59 Å². The molecule has 4 heteroatoms. The lowest BCUT2D eigenvalue weighted by molar-refractivity contribution is -0.145. The predicted octanol–water partition coefficient (Wildman–Crippen LogP) is 1.79. The summed E-state index contributed by atoms with van der Waals surface area (Å²) >= 11 is 0. The van der Waals surface area contributed by atoms with Crippen LogP contribution < -0.4 is 5.32 Å². The van der Waals surface area contributed by atoms with Crippen molar-refractivity contribution in [2.24, 2.45) is 11.3 Å². The second-order valence-electron chi connectivity index (χ2n) is 5.71. The van der Waals surface area contributed by atoms with Crippen molar-refractivity contribution in [3.8, 4) is 0 Å². The molecule has 4 nitrogen and oxygen atoms in total. The highest BCUT2D eigenvalue weighted by Crippen LogP contribution is 2.29. The minimum Gasteiger partial charge on any atom is -0.480 e. The number of carboxylic acids is 1. The first-order chi connectivity index (χ1) is 7.30.